The summed E-state index contributed by atoms with van der Waals surface area (Å²) >= 11 is 0.796. The van der Waals surface area contributed by atoms with Gasteiger partial charge in [-0.25, -0.2) is 0 Å². The third-order valence-corrected chi connectivity index (χ3v) is 2.45. The van der Waals surface area contributed by atoms with Gasteiger partial charge in [0.25, 0.3) is 0 Å². The average molecular weight is 202 g/mol. The van der Waals surface area contributed by atoms with Crippen molar-refractivity contribution < 1.29 is 4.79 Å². The lowest BCUT2D eigenvalue weighted by Crippen LogP contribution is -2.05. The van der Waals surface area contributed by atoms with E-state index in [0.717, 1.165) is 11.8 Å². The summed E-state index contributed by atoms with van der Waals surface area (Å²) in [4.78, 5) is 11.2. The van der Waals surface area contributed by atoms with Crippen molar-refractivity contribution in [3.8, 4) is 11.5 Å². The van der Waals surface area contributed by atoms with Gasteiger partial charge in [0.1, 0.15) is 16.7 Å². The monoisotopic (exact) mass is 202 g/mol. The molecule has 0 aliphatic rings. The molecule has 1 rings (SSSR count). The molecule has 3 nitrogen and oxygen atoms in total. The zero-order valence-electron chi connectivity index (χ0n) is 7.18. The fraction of sp³-hybridized carbons (Fsp3) is 0.100. The molecule has 1 atom stereocenters. The molecule has 1 aromatic rings. The molecular weight excluding hydrogens is 196 g/mol. The Morgan fingerprint density at radius 2 is 1.93 bits per heavy atom. The van der Waals surface area contributed by atoms with Crippen LogP contribution in [-0.2, 0) is 4.79 Å². The first-order valence-electron chi connectivity index (χ1n) is 3.83. The summed E-state index contributed by atoms with van der Waals surface area (Å²) < 4.78 is 0. The number of hydrogen-bond donors (Lipinski definition) is 0. The SMILES string of the molecule is N#CSC(C(=O)C#N)c1ccccc1. The summed E-state index contributed by atoms with van der Waals surface area (Å²) in [5, 5.41) is 18.1. The fourth-order valence-electron chi connectivity index (χ4n) is 1.01. The highest BCUT2D eigenvalue weighted by atomic mass is 32.2. The molecule has 0 aliphatic heterocycles. The first kappa shape index (κ1) is 10.3. The third kappa shape index (κ3) is 2.35. The van der Waals surface area contributed by atoms with Gasteiger partial charge in [-0.3, -0.25) is 4.79 Å². The van der Waals surface area contributed by atoms with Crippen LogP contribution in [0.2, 0.25) is 0 Å². The number of nitrogens with zero attached hydrogens (tertiary/aromatic N) is 2. The van der Waals surface area contributed by atoms with Crippen LogP contribution in [0, 0.1) is 22.0 Å². The van der Waals surface area contributed by atoms with E-state index in [1.54, 1.807) is 24.3 Å². The zero-order chi connectivity index (χ0) is 10.4. The van der Waals surface area contributed by atoms with Gasteiger partial charge in [0.05, 0.1) is 0 Å². The molecular formula is C10H6N2OS. The number of thioether (sulfide) groups is 1. The van der Waals surface area contributed by atoms with E-state index in [9.17, 15) is 4.79 Å². The number of nitriles is 2. The Morgan fingerprint density at radius 1 is 1.29 bits per heavy atom. The Balaban J connectivity index is 2.97. The maximum Gasteiger partial charge on any atom is 0.250 e. The van der Waals surface area contributed by atoms with Crippen LogP contribution in [0.5, 0.6) is 0 Å². The third-order valence-electron chi connectivity index (χ3n) is 1.62. The molecule has 0 heterocycles. The van der Waals surface area contributed by atoms with E-state index in [2.05, 4.69) is 0 Å². The molecule has 14 heavy (non-hydrogen) atoms. The number of carbonyl (C=O) groups excluding carboxylic acids is 1. The minimum Gasteiger partial charge on any atom is -0.281 e. The van der Waals surface area contributed by atoms with Crippen LogP contribution in [0.15, 0.2) is 30.3 Å². The zero-order valence-corrected chi connectivity index (χ0v) is 7.99. The van der Waals surface area contributed by atoms with Crippen molar-refractivity contribution >= 4 is 17.5 Å². The molecule has 0 amide bonds. The number of carbonyl (C=O) groups is 1. The molecule has 0 saturated heterocycles. The maximum absolute atomic E-state index is 11.2. The van der Waals surface area contributed by atoms with E-state index in [1.807, 2.05) is 11.5 Å². The highest BCUT2D eigenvalue weighted by Gasteiger charge is 2.20. The van der Waals surface area contributed by atoms with Crippen LogP contribution in [0.1, 0.15) is 10.8 Å². The molecule has 0 bridgehead atoms. The molecule has 0 aliphatic carbocycles. The Kier molecular flexibility index (Phi) is 3.72. The maximum atomic E-state index is 11.2. The molecule has 0 radical (unpaired) electrons. The predicted octanol–water partition coefficient (Wildman–Crippen LogP) is 2.03. The number of ketones is 1. The van der Waals surface area contributed by atoms with Crippen molar-refractivity contribution in [2.45, 2.75) is 5.25 Å². The summed E-state index contributed by atoms with van der Waals surface area (Å²) in [5.74, 6) is -0.595. The van der Waals surface area contributed by atoms with Crippen molar-refractivity contribution in [3.05, 3.63) is 35.9 Å². The van der Waals surface area contributed by atoms with Gasteiger partial charge < -0.3 is 0 Å². The van der Waals surface area contributed by atoms with E-state index < -0.39 is 11.0 Å². The Bertz CT molecular complexity index is 402. The van der Waals surface area contributed by atoms with Gasteiger partial charge in [-0.2, -0.15) is 10.5 Å². The van der Waals surface area contributed by atoms with Gasteiger partial charge >= 0.3 is 0 Å². The number of hydrogen-bond acceptors (Lipinski definition) is 4. The van der Waals surface area contributed by atoms with E-state index in [1.165, 1.54) is 6.07 Å². The number of benzene rings is 1. The normalized spacial score (nSPS) is 11.0. The lowest BCUT2D eigenvalue weighted by Gasteiger charge is -2.06. The minimum absolute atomic E-state index is 0.595. The lowest BCUT2D eigenvalue weighted by atomic mass is 10.1. The van der Waals surface area contributed by atoms with Gasteiger partial charge in [-0.1, -0.05) is 30.3 Å². The van der Waals surface area contributed by atoms with Gasteiger partial charge in [-0.05, 0) is 17.3 Å². The second kappa shape index (κ2) is 5.06. The summed E-state index contributed by atoms with van der Waals surface area (Å²) in [6, 6.07) is 10.3. The van der Waals surface area contributed by atoms with Crippen molar-refractivity contribution in [2.75, 3.05) is 0 Å². The molecule has 0 fully saturated rings. The molecule has 0 saturated carbocycles. The predicted molar refractivity (Wildman–Crippen MR) is 53.0 cm³/mol. The van der Waals surface area contributed by atoms with Crippen LogP contribution < -0.4 is 0 Å². The van der Waals surface area contributed by atoms with Crippen LogP contribution in [0.3, 0.4) is 0 Å². The topological polar surface area (TPSA) is 64.7 Å². The largest absolute Gasteiger partial charge is 0.281 e. The number of rotatable bonds is 3. The number of Topliss-reactive ketones (excluding diaryl/α,β-unsaturated/α-hetero) is 1. The fourth-order valence-corrected chi connectivity index (χ4v) is 1.57. The van der Waals surface area contributed by atoms with Crippen LogP contribution in [-0.4, -0.2) is 5.78 Å². The van der Waals surface area contributed by atoms with E-state index >= 15 is 0 Å². The molecule has 0 spiro atoms. The quantitative estimate of drug-likeness (QED) is 0.555. The molecule has 1 aromatic carbocycles. The Morgan fingerprint density at radius 3 is 2.43 bits per heavy atom. The van der Waals surface area contributed by atoms with Crippen LogP contribution in [0.25, 0.3) is 0 Å². The van der Waals surface area contributed by atoms with Crippen molar-refractivity contribution in [1.29, 1.82) is 10.5 Å². The Labute approximate surface area is 86.0 Å². The van der Waals surface area contributed by atoms with E-state index in [-0.39, 0.29) is 0 Å². The Hall–Kier alpha value is -1.78. The molecule has 4 heteroatoms. The molecule has 0 N–H and O–H groups in total. The minimum atomic E-state index is -0.689. The van der Waals surface area contributed by atoms with Gasteiger partial charge in [-0.15, -0.1) is 0 Å². The lowest BCUT2D eigenvalue weighted by molar-refractivity contribution is -0.113. The van der Waals surface area contributed by atoms with Gasteiger partial charge in [0.15, 0.2) is 0 Å². The standard InChI is InChI=1S/C10H6N2OS/c11-6-9(13)10(14-7-12)8-4-2-1-3-5-8/h1-5,10H. The highest BCUT2D eigenvalue weighted by molar-refractivity contribution is 8.04. The molecule has 0 aromatic heterocycles. The van der Waals surface area contributed by atoms with Crippen molar-refractivity contribution in [1.82, 2.24) is 0 Å². The molecule has 68 valence electrons. The summed E-state index contributed by atoms with van der Waals surface area (Å²) in [6.07, 6.45) is 0. The smallest absolute Gasteiger partial charge is 0.250 e. The van der Waals surface area contributed by atoms with E-state index in [4.69, 9.17) is 10.5 Å². The molecule has 1 unspecified atom stereocenters. The highest BCUT2D eigenvalue weighted by Crippen LogP contribution is 2.28. The first-order chi connectivity index (χ1) is 6.79. The van der Waals surface area contributed by atoms with E-state index in [0.29, 0.717) is 5.56 Å². The summed E-state index contributed by atoms with van der Waals surface area (Å²) in [7, 11) is 0. The second-order valence-corrected chi connectivity index (χ2v) is 3.37. The van der Waals surface area contributed by atoms with Gasteiger partial charge in [0, 0.05) is 0 Å². The summed E-state index contributed by atoms with van der Waals surface area (Å²) in [6.45, 7) is 0. The van der Waals surface area contributed by atoms with Crippen molar-refractivity contribution in [2.24, 2.45) is 0 Å². The van der Waals surface area contributed by atoms with Crippen LogP contribution in [0.4, 0.5) is 0 Å². The summed E-state index contributed by atoms with van der Waals surface area (Å²) in [5.41, 5.74) is 0.686. The number of thiocyanates is 1. The average Bonchev–Trinajstić information content (AvgIpc) is 2.26. The first-order valence-corrected chi connectivity index (χ1v) is 4.71. The van der Waals surface area contributed by atoms with Crippen molar-refractivity contribution in [3.63, 3.8) is 0 Å². The van der Waals surface area contributed by atoms with Crippen LogP contribution >= 0.6 is 11.8 Å². The second-order valence-electron chi connectivity index (χ2n) is 2.48. The van der Waals surface area contributed by atoms with Gasteiger partial charge in [0.2, 0.25) is 5.78 Å².